The fraction of sp³-hybridized carbons (Fsp3) is 0.583. The molecule has 1 saturated carbocycles. The van der Waals surface area contributed by atoms with Gasteiger partial charge < -0.3 is 11.1 Å². The molecule has 1 aliphatic rings. The van der Waals surface area contributed by atoms with E-state index in [0.717, 1.165) is 6.54 Å². The number of hydrogen-bond acceptors (Lipinski definition) is 5. The first kappa shape index (κ1) is 12.6. The molecule has 6 nitrogen and oxygen atoms in total. The molecular weight excluding hydrogens is 232 g/mol. The molecule has 0 atom stereocenters. The van der Waals surface area contributed by atoms with E-state index in [1.807, 2.05) is 0 Å². The zero-order valence-corrected chi connectivity index (χ0v) is 10.3. The van der Waals surface area contributed by atoms with Crippen molar-refractivity contribution in [1.29, 1.82) is 0 Å². The first-order chi connectivity index (χ1) is 8.65. The lowest BCUT2D eigenvalue weighted by Gasteiger charge is -2.21. The van der Waals surface area contributed by atoms with Gasteiger partial charge >= 0.3 is 0 Å². The summed E-state index contributed by atoms with van der Waals surface area (Å²) in [4.78, 5) is 14.3. The minimum atomic E-state index is -0.455. The van der Waals surface area contributed by atoms with Gasteiger partial charge in [0.25, 0.3) is 5.69 Å². The number of anilines is 2. The molecule has 0 aliphatic heterocycles. The molecule has 0 amide bonds. The summed E-state index contributed by atoms with van der Waals surface area (Å²) in [6, 6.07) is 2.70. The zero-order chi connectivity index (χ0) is 13.0. The van der Waals surface area contributed by atoms with Gasteiger partial charge in [0.15, 0.2) is 0 Å². The van der Waals surface area contributed by atoms with Crippen LogP contribution in [0.15, 0.2) is 12.1 Å². The van der Waals surface area contributed by atoms with E-state index in [1.54, 1.807) is 0 Å². The normalized spacial score (nSPS) is 16.4. The first-order valence-electron chi connectivity index (χ1n) is 6.31. The number of nitrogens with one attached hydrogen (secondary N) is 1. The standard InChI is InChI=1S/C12H18N4O2/c13-11-6-10(16(17)18)7-12(15-11)14-8-9-4-2-1-3-5-9/h6-7,9H,1-5,8H2,(H3,13,14,15). The van der Waals surface area contributed by atoms with Crippen LogP contribution in [-0.2, 0) is 0 Å². The number of hydrogen-bond donors (Lipinski definition) is 2. The van der Waals surface area contributed by atoms with Crippen molar-refractivity contribution in [3.63, 3.8) is 0 Å². The highest BCUT2D eigenvalue weighted by atomic mass is 16.6. The third-order valence-electron chi connectivity index (χ3n) is 3.34. The third kappa shape index (κ3) is 3.32. The molecule has 0 spiro atoms. The average Bonchev–Trinajstić information content (AvgIpc) is 2.37. The first-order valence-corrected chi connectivity index (χ1v) is 6.31. The molecule has 1 aromatic rings. The summed E-state index contributed by atoms with van der Waals surface area (Å²) in [6.07, 6.45) is 6.31. The third-order valence-corrected chi connectivity index (χ3v) is 3.34. The molecule has 1 fully saturated rings. The average molecular weight is 250 g/mol. The Kier molecular flexibility index (Phi) is 3.96. The van der Waals surface area contributed by atoms with E-state index in [-0.39, 0.29) is 11.5 Å². The van der Waals surface area contributed by atoms with Gasteiger partial charge in [-0.15, -0.1) is 0 Å². The second kappa shape index (κ2) is 5.66. The Bertz CT molecular complexity index is 430. The smallest absolute Gasteiger partial charge is 0.276 e. The van der Waals surface area contributed by atoms with Crippen LogP contribution in [0.25, 0.3) is 0 Å². The lowest BCUT2D eigenvalue weighted by Crippen LogP contribution is -2.17. The summed E-state index contributed by atoms with van der Waals surface area (Å²) in [6.45, 7) is 0.813. The SMILES string of the molecule is Nc1cc([N+](=O)[O-])cc(NCC2CCCCC2)n1. The predicted molar refractivity (Wildman–Crippen MR) is 70.4 cm³/mol. The van der Waals surface area contributed by atoms with Gasteiger partial charge in [0, 0.05) is 6.54 Å². The molecule has 98 valence electrons. The van der Waals surface area contributed by atoms with E-state index in [9.17, 15) is 10.1 Å². The second-order valence-corrected chi connectivity index (χ2v) is 4.78. The largest absolute Gasteiger partial charge is 0.383 e. The van der Waals surface area contributed by atoms with Crippen LogP contribution in [-0.4, -0.2) is 16.5 Å². The van der Waals surface area contributed by atoms with Gasteiger partial charge in [-0.25, -0.2) is 4.98 Å². The maximum atomic E-state index is 10.7. The Balaban J connectivity index is 1.97. The van der Waals surface area contributed by atoms with Gasteiger partial charge in [0.2, 0.25) is 0 Å². The molecule has 2 rings (SSSR count). The Morgan fingerprint density at radius 3 is 2.78 bits per heavy atom. The molecule has 0 unspecified atom stereocenters. The van der Waals surface area contributed by atoms with Crippen LogP contribution in [0.5, 0.6) is 0 Å². The van der Waals surface area contributed by atoms with Crippen LogP contribution in [0.2, 0.25) is 0 Å². The number of aromatic nitrogens is 1. The second-order valence-electron chi connectivity index (χ2n) is 4.78. The van der Waals surface area contributed by atoms with E-state index in [4.69, 9.17) is 5.73 Å². The van der Waals surface area contributed by atoms with Gasteiger partial charge in [-0.05, 0) is 18.8 Å². The summed E-state index contributed by atoms with van der Waals surface area (Å²) < 4.78 is 0. The number of nitrogen functional groups attached to an aromatic ring is 1. The quantitative estimate of drug-likeness (QED) is 0.632. The van der Waals surface area contributed by atoms with Crippen LogP contribution >= 0.6 is 0 Å². The summed E-state index contributed by atoms with van der Waals surface area (Å²) in [5.74, 6) is 1.31. The highest BCUT2D eigenvalue weighted by molar-refractivity contribution is 5.52. The number of nitro groups is 1. The molecule has 18 heavy (non-hydrogen) atoms. The van der Waals surface area contributed by atoms with Crippen LogP contribution < -0.4 is 11.1 Å². The van der Waals surface area contributed by atoms with E-state index in [2.05, 4.69) is 10.3 Å². The van der Waals surface area contributed by atoms with E-state index in [0.29, 0.717) is 11.7 Å². The van der Waals surface area contributed by atoms with Crippen LogP contribution in [0.4, 0.5) is 17.3 Å². The van der Waals surface area contributed by atoms with Crippen molar-refractivity contribution in [2.24, 2.45) is 5.92 Å². The van der Waals surface area contributed by atoms with Crippen molar-refractivity contribution in [3.05, 3.63) is 22.2 Å². The minimum absolute atomic E-state index is 0.0198. The van der Waals surface area contributed by atoms with Gasteiger partial charge in [0.05, 0.1) is 17.1 Å². The van der Waals surface area contributed by atoms with E-state index in [1.165, 1.54) is 44.2 Å². The van der Waals surface area contributed by atoms with Crippen molar-refractivity contribution in [2.75, 3.05) is 17.6 Å². The molecule has 0 radical (unpaired) electrons. The van der Waals surface area contributed by atoms with Crippen LogP contribution in [0, 0.1) is 16.0 Å². The minimum Gasteiger partial charge on any atom is -0.383 e. The summed E-state index contributed by atoms with van der Waals surface area (Å²) >= 11 is 0. The molecule has 0 bridgehead atoms. The highest BCUT2D eigenvalue weighted by Crippen LogP contribution is 2.24. The number of rotatable bonds is 4. The zero-order valence-electron chi connectivity index (χ0n) is 10.3. The number of pyridine rings is 1. The number of nitrogens with zero attached hydrogens (tertiary/aromatic N) is 2. The van der Waals surface area contributed by atoms with Gasteiger partial charge in [-0.1, -0.05) is 19.3 Å². The van der Waals surface area contributed by atoms with Gasteiger partial charge in [-0.2, -0.15) is 0 Å². The fourth-order valence-electron chi connectivity index (χ4n) is 2.37. The predicted octanol–water partition coefficient (Wildman–Crippen LogP) is 2.56. The lowest BCUT2D eigenvalue weighted by atomic mass is 9.89. The fourth-order valence-corrected chi connectivity index (χ4v) is 2.37. The summed E-state index contributed by atoms with van der Waals surface area (Å²) in [5.41, 5.74) is 5.53. The van der Waals surface area contributed by atoms with Crippen molar-refractivity contribution < 1.29 is 4.92 Å². The van der Waals surface area contributed by atoms with Crippen LogP contribution in [0.3, 0.4) is 0 Å². The summed E-state index contributed by atoms with van der Waals surface area (Å²) in [5, 5.41) is 13.9. The number of nitrogens with two attached hydrogens (primary N) is 1. The van der Waals surface area contributed by atoms with E-state index >= 15 is 0 Å². The molecule has 6 heteroatoms. The topological polar surface area (TPSA) is 94.1 Å². The monoisotopic (exact) mass is 250 g/mol. The van der Waals surface area contributed by atoms with E-state index < -0.39 is 4.92 Å². The highest BCUT2D eigenvalue weighted by Gasteiger charge is 2.14. The summed E-state index contributed by atoms with van der Waals surface area (Å²) in [7, 11) is 0. The van der Waals surface area contributed by atoms with Crippen molar-refractivity contribution in [2.45, 2.75) is 32.1 Å². The van der Waals surface area contributed by atoms with Crippen molar-refractivity contribution in [3.8, 4) is 0 Å². The van der Waals surface area contributed by atoms with Crippen molar-refractivity contribution >= 4 is 17.3 Å². The van der Waals surface area contributed by atoms with Crippen LogP contribution in [0.1, 0.15) is 32.1 Å². The molecule has 1 aromatic heterocycles. The molecule has 1 heterocycles. The Morgan fingerprint density at radius 1 is 1.39 bits per heavy atom. The molecular formula is C12H18N4O2. The lowest BCUT2D eigenvalue weighted by molar-refractivity contribution is -0.384. The molecule has 3 N–H and O–H groups in total. The van der Waals surface area contributed by atoms with Gasteiger partial charge in [0.1, 0.15) is 11.6 Å². The molecule has 1 aliphatic carbocycles. The van der Waals surface area contributed by atoms with Gasteiger partial charge in [-0.3, -0.25) is 10.1 Å². The maximum absolute atomic E-state index is 10.7. The Hall–Kier alpha value is -1.85. The Labute approximate surface area is 106 Å². The molecule has 0 aromatic carbocycles. The Morgan fingerprint density at radius 2 is 2.11 bits per heavy atom. The maximum Gasteiger partial charge on any atom is 0.276 e. The van der Waals surface area contributed by atoms with Crippen molar-refractivity contribution in [1.82, 2.24) is 4.98 Å². The molecule has 0 saturated heterocycles.